The third-order valence-electron chi connectivity index (χ3n) is 4.98. The van der Waals surface area contributed by atoms with E-state index in [1.165, 1.54) is 12.1 Å². The molecule has 2 amide bonds. The highest BCUT2D eigenvalue weighted by molar-refractivity contribution is 5.90. The molecule has 2 atom stereocenters. The molecule has 0 radical (unpaired) electrons. The molecule has 2 N–H and O–H groups in total. The molecule has 0 bridgehead atoms. The van der Waals surface area contributed by atoms with E-state index in [1.807, 2.05) is 35.2 Å². The minimum Gasteiger partial charge on any atom is -0.320 e. The van der Waals surface area contributed by atoms with E-state index in [1.54, 1.807) is 6.07 Å². The van der Waals surface area contributed by atoms with Crippen molar-refractivity contribution < 1.29 is 9.18 Å². The van der Waals surface area contributed by atoms with E-state index in [2.05, 4.69) is 10.6 Å². The fourth-order valence-electron chi connectivity index (χ4n) is 3.74. The smallest absolute Gasteiger partial charge is 0.320 e. The van der Waals surface area contributed by atoms with E-state index < -0.39 is 0 Å². The fourth-order valence-corrected chi connectivity index (χ4v) is 3.74. The van der Waals surface area contributed by atoms with E-state index in [9.17, 15) is 9.18 Å². The molecule has 124 valence electrons. The molecule has 5 heteroatoms. The van der Waals surface area contributed by atoms with Crippen LogP contribution in [0.25, 0.3) is 11.1 Å². The Morgan fingerprint density at radius 1 is 1.12 bits per heavy atom. The summed E-state index contributed by atoms with van der Waals surface area (Å²) in [5.74, 6) is 0.313. The second-order valence-corrected chi connectivity index (χ2v) is 6.49. The molecule has 2 aromatic rings. The Kier molecular flexibility index (Phi) is 3.94. The van der Waals surface area contributed by atoms with Gasteiger partial charge in [0.1, 0.15) is 5.82 Å². The zero-order chi connectivity index (χ0) is 16.5. The van der Waals surface area contributed by atoms with E-state index in [0.29, 0.717) is 12.0 Å². The monoisotopic (exact) mass is 325 g/mol. The number of anilines is 1. The molecule has 2 saturated heterocycles. The van der Waals surface area contributed by atoms with Crippen LogP contribution >= 0.6 is 0 Å². The number of fused-ring (bicyclic) bond motifs is 1. The fraction of sp³-hybridized carbons (Fsp3) is 0.316. The first-order chi connectivity index (χ1) is 11.7. The number of urea groups is 1. The van der Waals surface area contributed by atoms with Gasteiger partial charge in [0.25, 0.3) is 0 Å². The van der Waals surface area contributed by atoms with Crippen molar-refractivity contribution in [1.29, 1.82) is 0 Å². The normalized spacial score (nSPS) is 22.5. The molecule has 0 aromatic heterocycles. The molecular formula is C19H20FN3O. The Balaban J connectivity index is 1.51. The van der Waals surface area contributed by atoms with Gasteiger partial charge in [-0.2, -0.15) is 0 Å². The molecule has 2 fully saturated rings. The Morgan fingerprint density at radius 2 is 1.92 bits per heavy atom. The zero-order valence-corrected chi connectivity index (χ0v) is 13.3. The van der Waals surface area contributed by atoms with Crippen molar-refractivity contribution in [1.82, 2.24) is 10.2 Å². The van der Waals surface area contributed by atoms with Crippen LogP contribution < -0.4 is 10.6 Å². The lowest BCUT2D eigenvalue weighted by atomic mass is 10.0. The Bertz CT molecular complexity index is 764. The first-order valence-corrected chi connectivity index (χ1v) is 8.35. The van der Waals surface area contributed by atoms with Gasteiger partial charge in [-0.05, 0) is 47.7 Å². The Morgan fingerprint density at radius 3 is 2.75 bits per heavy atom. The van der Waals surface area contributed by atoms with Gasteiger partial charge < -0.3 is 15.5 Å². The SMILES string of the molecule is O=C(Nc1cccc(-c2cccc(F)c2)c1)N1CCC2CNCC21. The van der Waals surface area contributed by atoms with Gasteiger partial charge in [0.15, 0.2) is 0 Å². The van der Waals surface area contributed by atoms with Crippen molar-refractivity contribution in [3.63, 3.8) is 0 Å². The quantitative estimate of drug-likeness (QED) is 0.890. The van der Waals surface area contributed by atoms with Crippen LogP contribution in [0.15, 0.2) is 48.5 Å². The van der Waals surface area contributed by atoms with Crippen LogP contribution in [0.4, 0.5) is 14.9 Å². The lowest BCUT2D eigenvalue weighted by molar-refractivity contribution is 0.206. The molecule has 2 unspecified atom stereocenters. The number of hydrogen-bond donors (Lipinski definition) is 2. The molecule has 0 spiro atoms. The van der Waals surface area contributed by atoms with Crippen LogP contribution in [0.5, 0.6) is 0 Å². The van der Waals surface area contributed by atoms with E-state index in [-0.39, 0.29) is 11.8 Å². The molecule has 4 nitrogen and oxygen atoms in total. The third kappa shape index (κ3) is 2.87. The average molecular weight is 325 g/mol. The third-order valence-corrected chi connectivity index (χ3v) is 4.98. The summed E-state index contributed by atoms with van der Waals surface area (Å²) in [6.07, 6.45) is 1.06. The summed E-state index contributed by atoms with van der Waals surface area (Å²) >= 11 is 0. The number of nitrogens with one attached hydrogen (secondary N) is 2. The average Bonchev–Trinajstić information content (AvgIpc) is 3.18. The molecule has 2 aliphatic heterocycles. The second-order valence-electron chi connectivity index (χ2n) is 6.49. The van der Waals surface area contributed by atoms with Gasteiger partial charge in [0.05, 0.1) is 0 Å². The lowest BCUT2D eigenvalue weighted by Gasteiger charge is -2.23. The Labute approximate surface area is 140 Å². The highest BCUT2D eigenvalue weighted by atomic mass is 19.1. The first kappa shape index (κ1) is 15.1. The van der Waals surface area contributed by atoms with Crippen molar-refractivity contribution in [3.8, 4) is 11.1 Å². The molecule has 2 heterocycles. The Hall–Kier alpha value is -2.40. The van der Waals surface area contributed by atoms with E-state index in [4.69, 9.17) is 0 Å². The van der Waals surface area contributed by atoms with E-state index in [0.717, 1.165) is 42.9 Å². The van der Waals surface area contributed by atoms with Gasteiger partial charge in [-0.3, -0.25) is 0 Å². The maximum Gasteiger partial charge on any atom is 0.322 e. The van der Waals surface area contributed by atoms with Crippen molar-refractivity contribution in [2.75, 3.05) is 25.0 Å². The van der Waals surface area contributed by atoms with Crippen LogP contribution in [0.3, 0.4) is 0 Å². The minimum atomic E-state index is -0.265. The highest BCUT2D eigenvalue weighted by Gasteiger charge is 2.39. The number of nitrogens with zero attached hydrogens (tertiary/aromatic N) is 1. The number of likely N-dealkylation sites (tertiary alicyclic amines) is 1. The largest absolute Gasteiger partial charge is 0.322 e. The van der Waals surface area contributed by atoms with Gasteiger partial charge in [-0.1, -0.05) is 24.3 Å². The summed E-state index contributed by atoms with van der Waals surface area (Å²) in [5, 5.41) is 6.34. The maximum absolute atomic E-state index is 13.4. The number of hydrogen-bond acceptors (Lipinski definition) is 2. The maximum atomic E-state index is 13.4. The number of carbonyl (C=O) groups is 1. The summed E-state index contributed by atoms with van der Waals surface area (Å²) < 4.78 is 13.4. The summed E-state index contributed by atoms with van der Waals surface area (Å²) in [7, 11) is 0. The summed E-state index contributed by atoms with van der Waals surface area (Å²) in [6, 6.07) is 14.3. The molecular weight excluding hydrogens is 305 g/mol. The van der Waals surface area contributed by atoms with Crippen molar-refractivity contribution in [2.45, 2.75) is 12.5 Å². The molecule has 24 heavy (non-hydrogen) atoms. The number of amides is 2. The van der Waals surface area contributed by atoms with Gasteiger partial charge >= 0.3 is 6.03 Å². The predicted octanol–water partition coefficient (Wildman–Crippen LogP) is 3.32. The second kappa shape index (κ2) is 6.24. The van der Waals surface area contributed by atoms with Gasteiger partial charge in [0.2, 0.25) is 0 Å². The first-order valence-electron chi connectivity index (χ1n) is 8.35. The van der Waals surface area contributed by atoms with Crippen molar-refractivity contribution in [2.24, 2.45) is 5.92 Å². The minimum absolute atomic E-state index is 0.0532. The lowest BCUT2D eigenvalue weighted by Crippen LogP contribution is -2.41. The summed E-state index contributed by atoms with van der Waals surface area (Å²) in [6.45, 7) is 2.69. The topological polar surface area (TPSA) is 44.4 Å². The van der Waals surface area contributed by atoms with Crippen LogP contribution in [0.2, 0.25) is 0 Å². The number of rotatable bonds is 2. The van der Waals surface area contributed by atoms with E-state index >= 15 is 0 Å². The molecule has 0 saturated carbocycles. The molecule has 2 aliphatic rings. The predicted molar refractivity (Wildman–Crippen MR) is 92.3 cm³/mol. The van der Waals surface area contributed by atoms with Crippen LogP contribution in [0.1, 0.15) is 6.42 Å². The number of halogens is 1. The van der Waals surface area contributed by atoms with Gasteiger partial charge in [-0.25, -0.2) is 9.18 Å². The number of carbonyl (C=O) groups excluding carboxylic acids is 1. The standard InChI is InChI=1S/C19H20FN3O/c20-16-5-1-3-13(9-16)14-4-2-6-17(10-14)22-19(24)23-8-7-15-11-21-12-18(15)23/h1-6,9-10,15,18,21H,7-8,11-12H2,(H,22,24). The van der Waals surface area contributed by atoms with Crippen molar-refractivity contribution in [3.05, 3.63) is 54.3 Å². The van der Waals surface area contributed by atoms with Crippen LogP contribution in [-0.2, 0) is 0 Å². The van der Waals surface area contributed by atoms with Gasteiger partial charge in [-0.15, -0.1) is 0 Å². The van der Waals surface area contributed by atoms with Crippen LogP contribution in [0, 0.1) is 11.7 Å². The van der Waals surface area contributed by atoms with Gasteiger partial charge in [0, 0.05) is 31.4 Å². The van der Waals surface area contributed by atoms with Crippen LogP contribution in [-0.4, -0.2) is 36.6 Å². The van der Waals surface area contributed by atoms with Crippen molar-refractivity contribution >= 4 is 11.7 Å². The molecule has 0 aliphatic carbocycles. The number of benzene rings is 2. The molecule has 2 aromatic carbocycles. The summed E-state index contributed by atoms with van der Waals surface area (Å²) in [5.41, 5.74) is 2.41. The summed E-state index contributed by atoms with van der Waals surface area (Å²) in [4.78, 5) is 14.5. The molecule has 4 rings (SSSR count). The zero-order valence-electron chi connectivity index (χ0n) is 13.3. The highest BCUT2D eigenvalue weighted by Crippen LogP contribution is 2.28.